The van der Waals surface area contributed by atoms with E-state index in [9.17, 15) is 14.3 Å². The zero-order valence-corrected chi connectivity index (χ0v) is 21.7. The zero-order valence-electron chi connectivity index (χ0n) is 21.7. The monoisotopic (exact) mass is 520 g/mol. The predicted molar refractivity (Wildman–Crippen MR) is 142 cm³/mol. The second-order valence-corrected chi connectivity index (χ2v) is 10.5. The van der Waals surface area contributed by atoms with Crippen molar-refractivity contribution in [2.75, 3.05) is 25.1 Å². The van der Waals surface area contributed by atoms with Crippen molar-refractivity contribution in [3.8, 4) is 16.9 Å². The standard InChI is InChI=1S/C30H33FN2O5/c1-18-11-23(38-17-30(36)7-9-37-10-8-30)12-19(2)28(18)20-3-5-26(31)21(13-20)15-32-22-4-6-27(33-16-22)24-14-25(24)29(34)35/h3-6,11-13,16,24-25,32,36H,7-10,14-15,17H2,1-2H3,(H,34,35)/t24-,25-/m0/s1. The molecule has 2 fully saturated rings. The van der Waals surface area contributed by atoms with Crippen molar-refractivity contribution in [3.05, 3.63) is 76.9 Å². The molecule has 1 aliphatic carbocycles. The first-order chi connectivity index (χ1) is 18.2. The first kappa shape index (κ1) is 26.1. The topological polar surface area (TPSA) is 101 Å². The van der Waals surface area contributed by atoms with Gasteiger partial charge in [0.2, 0.25) is 0 Å². The van der Waals surface area contributed by atoms with Crippen LogP contribution in [0.2, 0.25) is 0 Å². The number of aromatic nitrogens is 1. The van der Waals surface area contributed by atoms with Crippen molar-refractivity contribution in [3.63, 3.8) is 0 Å². The van der Waals surface area contributed by atoms with Crippen LogP contribution in [0.25, 0.3) is 11.1 Å². The molecule has 0 amide bonds. The zero-order chi connectivity index (χ0) is 26.9. The number of aryl methyl sites for hydroxylation is 2. The van der Waals surface area contributed by atoms with E-state index >= 15 is 0 Å². The molecular weight excluding hydrogens is 487 g/mol. The number of hydrogen-bond acceptors (Lipinski definition) is 6. The van der Waals surface area contributed by atoms with E-state index in [2.05, 4.69) is 10.3 Å². The Morgan fingerprint density at radius 1 is 1.16 bits per heavy atom. The maximum absolute atomic E-state index is 14.7. The highest BCUT2D eigenvalue weighted by Gasteiger charge is 2.45. The number of benzene rings is 2. The third-order valence-corrected chi connectivity index (χ3v) is 7.53. The van der Waals surface area contributed by atoms with Gasteiger partial charge in [-0.3, -0.25) is 9.78 Å². The molecule has 0 unspecified atom stereocenters. The minimum atomic E-state index is -0.869. The van der Waals surface area contributed by atoms with Crippen molar-refractivity contribution < 1.29 is 28.9 Å². The number of carboxylic acids is 1. The van der Waals surface area contributed by atoms with Crippen LogP contribution in [0.15, 0.2) is 48.7 Å². The van der Waals surface area contributed by atoms with Gasteiger partial charge in [0.1, 0.15) is 23.8 Å². The Balaban J connectivity index is 1.26. The van der Waals surface area contributed by atoms with E-state index in [0.717, 1.165) is 33.6 Å². The van der Waals surface area contributed by atoms with Gasteiger partial charge in [-0.2, -0.15) is 0 Å². The molecule has 2 atom stereocenters. The smallest absolute Gasteiger partial charge is 0.307 e. The molecule has 5 rings (SSSR count). The van der Waals surface area contributed by atoms with Gasteiger partial charge in [-0.25, -0.2) is 4.39 Å². The predicted octanol–water partition coefficient (Wildman–Crippen LogP) is 5.23. The lowest BCUT2D eigenvalue weighted by Gasteiger charge is -2.31. The normalized spacial score (nSPS) is 20.1. The second kappa shape index (κ2) is 10.7. The number of ether oxygens (including phenoxy) is 2. The lowest BCUT2D eigenvalue weighted by Crippen LogP contribution is -2.41. The number of nitrogens with one attached hydrogen (secondary N) is 1. The summed E-state index contributed by atoms with van der Waals surface area (Å²) in [4.78, 5) is 15.5. The van der Waals surface area contributed by atoms with Gasteiger partial charge in [-0.05, 0) is 78.9 Å². The molecule has 1 saturated carbocycles. The van der Waals surface area contributed by atoms with Crippen LogP contribution in [-0.4, -0.2) is 46.6 Å². The molecule has 3 N–H and O–H groups in total. The largest absolute Gasteiger partial charge is 0.491 e. The van der Waals surface area contributed by atoms with Gasteiger partial charge in [0.05, 0.1) is 17.8 Å². The van der Waals surface area contributed by atoms with E-state index in [4.69, 9.17) is 14.6 Å². The quantitative estimate of drug-likeness (QED) is 0.355. The molecule has 8 heteroatoms. The summed E-state index contributed by atoms with van der Waals surface area (Å²) >= 11 is 0. The Morgan fingerprint density at radius 3 is 2.53 bits per heavy atom. The molecule has 2 heterocycles. The van der Waals surface area contributed by atoms with Crippen molar-refractivity contribution >= 4 is 11.7 Å². The molecule has 2 aromatic carbocycles. The number of pyridine rings is 1. The Morgan fingerprint density at radius 2 is 1.89 bits per heavy atom. The van der Waals surface area contributed by atoms with Crippen molar-refractivity contribution in [1.82, 2.24) is 4.98 Å². The fourth-order valence-electron chi connectivity index (χ4n) is 5.16. The van der Waals surface area contributed by atoms with Crippen LogP contribution in [0.3, 0.4) is 0 Å². The molecule has 7 nitrogen and oxygen atoms in total. The SMILES string of the molecule is Cc1cc(OCC2(O)CCOCC2)cc(C)c1-c1ccc(F)c(CNc2ccc([C@H]3C[C@@H]3C(=O)O)nc2)c1. The Kier molecular flexibility index (Phi) is 7.36. The van der Waals surface area contributed by atoms with Gasteiger partial charge in [-0.1, -0.05) is 6.07 Å². The van der Waals surface area contributed by atoms with E-state index in [1.54, 1.807) is 12.3 Å². The average Bonchev–Trinajstić information content (AvgIpc) is 3.70. The molecule has 0 bridgehead atoms. The van der Waals surface area contributed by atoms with Crippen LogP contribution in [0.1, 0.15) is 47.6 Å². The maximum Gasteiger partial charge on any atom is 0.307 e. The number of halogens is 1. The average molecular weight is 521 g/mol. The molecule has 1 aliphatic heterocycles. The molecule has 1 aromatic heterocycles. The third-order valence-electron chi connectivity index (χ3n) is 7.53. The summed E-state index contributed by atoms with van der Waals surface area (Å²) in [7, 11) is 0. The minimum absolute atomic E-state index is 0.0226. The van der Waals surface area contributed by atoms with Crippen molar-refractivity contribution in [1.29, 1.82) is 0 Å². The highest BCUT2D eigenvalue weighted by molar-refractivity contribution is 5.75. The molecule has 0 spiro atoms. The first-order valence-corrected chi connectivity index (χ1v) is 13.0. The molecule has 2 aliphatic rings. The first-order valence-electron chi connectivity index (χ1n) is 13.0. The Hall–Kier alpha value is -3.49. The van der Waals surface area contributed by atoms with Gasteiger partial charge < -0.3 is 25.0 Å². The molecule has 1 saturated heterocycles. The van der Waals surface area contributed by atoms with E-state index in [-0.39, 0.29) is 30.8 Å². The molecule has 0 radical (unpaired) electrons. The number of hydrogen-bond donors (Lipinski definition) is 3. The summed E-state index contributed by atoms with van der Waals surface area (Å²) < 4.78 is 26.0. The molecule has 3 aromatic rings. The van der Waals surface area contributed by atoms with Crippen LogP contribution >= 0.6 is 0 Å². The van der Waals surface area contributed by atoms with E-state index in [1.807, 2.05) is 44.2 Å². The summed E-state index contributed by atoms with van der Waals surface area (Å²) in [5, 5.41) is 23.0. The van der Waals surface area contributed by atoms with E-state index < -0.39 is 11.6 Å². The number of nitrogens with zero attached hydrogens (tertiary/aromatic N) is 1. The highest BCUT2D eigenvalue weighted by Crippen LogP contribution is 2.46. The molecule has 38 heavy (non-hydrogen) atoms. The van der Waals surface area contributed by atoms with Gasteiger partial charge >= 0.3 is 5.97 Å². The van der Waals surface area contributed by atoms with Gasteiger partial charge in [0.25, 0.3) is 0 Å². The number of anilines is 1. The third kappa shape index (κ3) is 5.81. The minimum Gasteiger partial charge on any atom is -0.491 e. The maximum atomic E-state index is 14.7. The number of aliphatic carboxylic acids is 1. The van der Waals surface area contributed by atoms with Crippen LogP contribution in [0, 0.1) is 25.6 Å². The van der Waals surface area contributed by atoms with Crippen molar-refractivity contribution in [2.45, 2.75) is 51.2 Å². The van der Waals surface area contributed by atoms with E-state index in [0.29, 0.717) is 43.8 Å². The summed E-state index contributed by atoms with van der Waals surface area (Å²) in [6.45, 7) is 5.58. The number of rotatable bonds is 9. The second-order valence-electron chi connectivity index (χ2n) is 10.5. The van der Waals surface area contributed by atoms with E-state index in [1.165, 1.54) is 6.07 Å². The fourth-order valence-corrected chi connectivity index (χ4v) is 5.16. The highest BCUT2D eigenvalue weighted by atomic mass is 19.1. The lowest BCUT2D eigenvalue weighted by atomic mass is 9.93. The summed E-state index contributed by atoms with van der Waals surface area (Å²) in [6.07, 6.45) is 3.40. The Bertz CT molecular complexity index is 1300. The molecule has 200 valence electrons. The van der Waals surface area contributed by atoms with Crippen LogP contribution in [0.4, 0.5) is 10.1 Å². The summed E-state index contributed by atoms with van der Waals surface area (Å²) in [6, 6.07) is 12.7. The van der Waals surface area contributed by atoms with Crippen LogP contribution in [0.5, 0.6) is 5.75 Å². The van der Waals surface area contributed by atoms with Crippen LogP contribution in [-0.2, 0) is 16.1 Å². The van der Waals surface area contributed by atoms with Gasteiger partial charge in [-0.15, -0.1) is 0 Å². The Labute approximate surface area is 221 Å². The summed E-state index contributed by atoms with van der Waals surface area (Å²) in [5.41, 5.74) is 5.12. The van der Waals surface area contributed by atoms with Gasteiger partial charge in [0.15, 0.2) is 0 Å². The number of carbonyl (C=O) groups is 1. The van der Waals surface area contributed by atoms with Gasteiger partial charge in [0, 0.05) is 49.8 Å². The fraction of sp³-hybridized carbons (Fsp3) is 0.400. The van der Waals surface area contributed by atoms with Crippen LogP contribution < -0.4 is 10.1 Å². The molecular formula is C30H33FN2O5. The lowest BCUT2D eigenvalue weighted by molar-refractivity contribution is -0.138. The summed E-state index contributed by atoms with van der Waals surface area (Å²) in [5.74, 6) is -0.748. The number of aliphatic hydroxyl groups is 1. The number of carboxylic acid groups (broad SMARTS) is 1. The van der Waals surface area contributed by atoms with Crippen molar-refractivity contribution in [2.24, 2.45) is 5.92 Å².